The van der Waals surface area contributed by atoms with E-state index in [1.54, 1.807) is 11.3 Å². The molecule has 2 atom stereocenters. The molecule has 2 fully saturated rings. The number of carbonyl (C=O) groups is 2. The summed E-state index contributed by atoms with van der Waals surface area (Å²) in [6, 6.07) is 13.9. The van der Waals surface area contributed by atoms with Gasteiger partial charge in [-0.2, -0.15) is 0 Å². The summed E-state index contributed by atoms with van der Waals surface area (Å²) in [5.74, 6) is 1.22. The van der Waals surface area contributed by atoms with Gasteiger partial charge in [0.1, 0.15) is 6.10 Å². The van der Waals surface area contributed by atoms with Crippen LogP contribution in [0.25, 0.3) is 10.7 Å². The van der Waals surface area contributed by atoms with Gasteiger partial charge < -0.3 is 14.2 Å². The lowest BCUT2D eigenvalue weighted by atomic mass is 9.98. The van der Waals surface area contributed by atoms with Gasteiger partial charge in [0.25, 0.3) is 0 Å². The molecule has 0 bridgehead atoms. The molecule has 4 heterocycles. The molecular weight excluding hydrogens is 470 g/mol. The average molecular weight is 498 g/mol. The van der Waals surface area contributed by atoms with Gasteiger partial charge in [0, 0.05) is 26.2 Å². The number of ether oxygens (including phenoxy) is 1. The summed E-state index contributed by atoms with van der Waals surface area (Å²) < 4.78 is 7.65. The van der Waals surface area contributed by atoms with Crippen molar-refractivity contribution >= 4 is 35.1 Å². The first kappa shape index (κ1) is 22.9. The van der Waals surface area contributed by atoms with E-state index in [0.29, 0.717) is 18.8 Å². The van der Waals surface area contributed by atoms with Crippen molar-refractivity contribution in [1.82, 2.24) is 24.6 Å². The molecule has 0 unspecified atom stereocenters. The van der Waals surface area contributed by atoms with Gasteiger partial charge in [-0.25, -0.2) is 4.79 Å². The van der Waals surface area contributed by atoms with Crippen molar-refractivity contribution in [2.75, 3.05) is 18.8 Å². The molecule has 0 N–H and O–H groups in total. The number of hydrogen-bond acceptors (Lipinski definition) is 7. The van der Waals surface area contributed by atoms with Crippen molar-refractivity contribution in [3.05, 3.63) is 53.4 Å². The minimum absolute atomic E-state index is 0.0360. The van der Waals surface area contributed by atoms with E-state index < -0.39 is 0 Å². The van der Waals surface area contributed by atoms with Crippen LogP contribution in [0.1, 0.15) is 31.4 Å². The quantitative estimate of drug-likeness (QED) is 0.475. The molecule has 3 aromatic rings. The zero-order chi connectivity index (χ0) is 23.7. The van der Waals surface area contributed by atoms with Crippen molar-refractivity contribution in [1.29, 1.82) is 0 Å². The number of thioether (sulfide) groups is 1. The second-order valence-electron chi connectivity index (χ2n) is 8.61. The smallest absolute Gasteiger partial charge is 0.411 e. The van der Waals surface area contributed by atoms with Crippen LogP contribution in [0.4, 0.5) is 4.79 Å². The maximum Gasteiger partial charge on any atom is 0.411 e. The Kier molecular flexibility index (Phi) is 6.60. The second kappa shape index (κ2) is 9.79. The summed E-state index contributed by atoms with van der Waals surface area (Å²) in [5.41, 5.74) is 1.02. The molecule has 0 radical (unpaired) electrons. The van der Waals surface area contributed by atoms with Crippen LogP contribution in [0.2, 0.25) is 0 Å². The Morgan fingerprint density at radius 1 is 1.15 bits per heavy atom. The predicted octanol–water partition coefficient (Wildman–Crippen LogP) is 4.21. The SMILES string of the molecule is C[C@@H]1[C@H](c2ccccc2)OC(=O)N1C1CCN(C(=O)CSc2nnc(-c3cccs3)n2C)CC1. The largest absolute Gasteiger partial charge is 0.439 e. The van der Waals surface area contributed by atoms with Crippen LogP contribution in [-0.4, -0.2) is 67.5 Å². The van der Waals surface area contributed by atoms with Crippen LogP contribution in [0.15, 0.2) is 53.0 Å². The van der Waals surface area contributed by atoms with Gasteiger partial charge in [0.15, 0.2) is 11.0 Å². The Labute approximate surface area is 206 Å². The molecule has 0 aliphatic carbocycles. The number of cyclic esters (lactones) is 1. The van der Waals surface area contributed by atoms with Crippen molar-refractivity contribution < 1.29 is 14.3 Å². The highest BCUT2D eigenvalue weighted by Crippen LogP contribution is 2.36. The average Bonchev–Trinajstić information content (AvgIpc) is 3.58. The van der Waals surface area contributed by atoms with Crippen LogP contribution < -0.4 is 0 Å². The first-order valence-electron chi connectivity index (χ1n) is 11.4. The third kappa shape index (κ3) is 4.44. The molecule has 5 rings (SSSR count). The molecule has 1 aromatic carbocycles. The molecular formula is C24H27N5O3S2. The lowest BCUT2D eigenvalue weighted by Gasteiger charge is -2.37. The predicted molar refractivity (Wildman–Crippen MR) is 132 cm³/mol. The van der Waals surface area contributed by atoms with Gasteiger partial charge in [0.05, 0.1) is 16.7 Å². The third-order valence-electron chi connectivity index (χ3n) is 6.56. The summed E-state index contributed by atoms with van der Waals surface area (Å²) in [5, 5.41) is 11.3. The number of nitrogens with zero attached hydrogens (tertiary/aromatic N) is 5. The summed E-state index contributed by atoms with van der Waals surface area (Å²) in [7, 11) is 1.92. The van der Waals surface area contributed by atoms with E-state index in [1.165, 1.54) is 11.8 Å². The standard InChI is InChI=1S/C24H27N5O3S2/c1-16-21(17-7-4-3-5-8-17)32-24(31)29(16)18-10-12-28(13-11-18)20(30)15-34-23-26-25-22(27(23)2)19-9-6-14-33-19/h3-9,14,16,18,21H,10-13,15H2,1-2H3/t16-,21-/m1/s1. The van der Waals surface area contributed by atoms with Crippen LogP contribution in [0.3, 0.4) is 0 Å². The van der Waals surface area contributed by atoms with Gasteiger partial charge in [-0.05, 0) is 36.8 Å². The Morgan fingerprint density at radius 3 is 2.62 bits per heavy atom. The van der Waals surface area contributed by atoms with Crippen LogP contribution in [0.5, 0.6) is 0 Å². The van der Waals surface area contributed by atoms with Gasteiger partial charge in [-0.1, -0.05) is 48.2 Å². The Hall–Kier alpha value is -2.85. The zero-order valence-corrected chi connectivity index (χ0v) is 20.8. The summed E-state index contributed by atoms with van der Waals surface area (Å²) in [6.07, 6.45) is 0.994. The van der Waals surface area contributed by atoms with Crippen molar-refractivity contribution in [2.45, 2.75) is 43.1 Å². The zero-order valence-electron chi connectivity index (χ0n) is 19.2. The summed E-state index contributed by atoms with van der Waals surface area (Å²) >= 11 is 3.03. The first-order chi connectivity index (χ1) is 16.5. The number of carbonyl (C=O) groups excluding carboxylic acids is 2. The molecule has 2 saturated heterocycles. The molecule has 2 aliphatic rings. The number of amides is 2. The van der Waals surface area contributed by atoms with E-state index in [2.05, 4.69) is 10.2 Å². The summed E-state index contributed by atoms with van der Waals surface area (Å²) in [6.45, 7) is 3.31. The van der Waals surface area contributed by atoms with E-state index in [-0.39, 0.29) is 30.2 Å². The fraction of sp³-hybridized carbons (Fsp3) is 0.417. The minimum Gasteiger partial charge on any atom is -0.439 e. The highest BCUT2D eigenvalue weighted by Gasteiger charge is 2.44. The molecule has 0 saturated carbocycles. The fourth-order valence-electron chi connectivity index (χ4n) is 4.72. The molecule has 0 spiro atoms. The monoisotopic (exact) mass is 497 g/mol. The third-order valence-corrected chi connectivity index (χ3v) is 8.43. The topological polar surface area (TPSA) is 80.6 Å². The number of likely N-dealkylation sites (tertiary alicyclic amines) is 1. The molecule has 2 aliphatic heterocycles. The lowest BCUT2D eigenvalue weighted by Crippen LogP contribution is -2.49. The maximum atomic E-state index is 12.9. The van der Waals surface area contributed by atoms with Crippen LogP contribution >= 0.6 is 23.1 Å². The number of thiophene rings is 1. The second-order valence-corrected chi connectivity index (χ2v) is 10.5. The number of hydrogen-bond donors (Lipinski definition) is 0. The fourth-order valence-corrected chi connectivity index (χ4v) is 6.28. The summed E-state index contributed by atoms with van der Waals surface area (Å²) in [4.78, 5) is 30.3. The van der Waals surface area contributed by atoms with Crippen LogP contribution in [0, 0.1) is 0 Å². The van der Waals surface area contributed by atoms with E-state index in [9.17, 15) is 9.59 Å². The number of aromatic nitrogens is 3. The van der Waals surface area contributed by atoms with Crippen molar-refractivity contribution in [3.63, 3.8) is 0 Å². The molecule has 2 amide bonds. The minimum atomic E-state index is -0.259. The molecule has 10 heteroatoms. The number of rotatable bonds is 6. The Balaban J connectivity index is 1.14. The van der Waals surface area contributed by atoms with E-state index in [0.717, 1.165) is 34.3 Å². The highest BCUT2D eigenvalue weighted by atomic mass is 32.2. The van der Waals surface area contributed by atoms with Crippen LogP contribution in [-0.2, 0) is 16.6 Å². The Bertz CT molecular complexity index is 1140. The van der Waals surface area contributed by atoms with Gasteiger partial charge >= 0.3 is 6.09 Å². The number of piperidine rings is 1. The highest BCUT2D eigenvalue weighted by molar-refractivity contribution is 7.99. The van der Waals surface area contributed by atoms with Crippen molar-refractivity contribution in [3.8, 4) is 10.7 Å². The van der Waals surface area contributed by atoms with Crippen molar-refractivity contribution in [2.24, 2.45) is 7.05 Å². The van der Waals surface area contributed by atoms with E-state index >= 15 is 0 Å². The molecule has 8 nitrogen and oxygen atoms in total. The molecule has 34 heavy (non-hydrogen) atoms. The van der Waals surface area contributed by atoms with Gasteiger partial charge in [-0.15, -0.1) is 21.5 Å². The maximum absolute atomic E-state index is 12.9. The van der Waals surface area contributed by atoms with Gasteiger partial charge in [-0.3, -0.25) is 9.69 Å². The van der Waals surface area contributed by atoms with Gasteiger partial charge in [0.2, 0.25) is 5.91 Å². The van der Waals surface area contributed by atoms with E-state index in [1.807, 2.05) is 76.2 Å². The lowest BCUT2D eigenvalue weighted by molar-refractivity contribution is -0.129. The van der Waals surface area contributed by atoms with E-state index in [4.69, 9.17) is 4.74 Å². The number of benzene rings is 1. The normalized spacial score (nSPS) is 21.2. The molecule has 2 aromatic heterocycles. The molecule has 178 valence electrons. The first-order valence-corrected chi connectivity index (χ1v) is 13.3. The Morgan fingerprint density at radius 2 is 1.91 bits per heavy atom.